The van der Waals surface area contributed by atoms with Gasteiger partial charge in [0.2, 0.25) is 11.8 Å². The Morgan fingerprint density at radius 3 is 2.61 bits per heavy atom. The van der Waals surface area contributed by atoms with Crippen LogP contribution in [0.15, 0.2) is 24.3 Å². The molecule has 2 heterocycles. The first-order chi connectivity index (χ1) is 13.5. The second kappa shape index (κ2) is 8.81. The highest BCUT2D eigenvalue weighted by Crippen LogP contribution is 2.21. The lowest BCUT2D eigenvalue weighted by atomic mass is 10.0. The first kappa shape index (κ1) is 19.8. The highest BCUT2D eigenvalue weighted by Gasteiger charge is 2.30. The number of rotatable bonds is 5. The summed E-state index contributed by atoms with van der Waals surface area (Å²) in [6.07, 6.45) is 1.21. The summed E-state index contributed by atoms with van der Waals surface area (Å²) in [5.41, 5.74) is 0.966. The molecule has 9 nitrogen and oxygen atoms in total. The maximum absolute atomic E-state index is 13.4. The third kappa shape index (κ3) is 4.47. The second-order valence-electron chi connectivity index (χ2n) is 6.93. The van der Waals surface area contributed by atoms with Gasteiger partial charge in [0.25, 0.3) is 0 Å². The van der Waals surface area contributed by atoms with E-state index < -0.39 is 6.04 Å². The zero-order valence-electron chi connectivity index (χ0n) is 16.5. The first-order valence-electron chi connectivity index (χ1n) is 9.41. The summed E-state index contributed by atoms with van der Waals surface area (Å²) in [6, 6.07) is 7.10. The normalized spacial score (nSPS) is 15.8. The van der Waals surface area contributed by atoms with Gasteiger partial charge in [-0.25, -0.2) is 4.68 Å². The van der Waals surface area contributed by atoms with Crippen LogP contribution in [-0.4, -0.2) is 75.1 Å². The predicted octanol–water partition coefficient (Wildman–Crippen LogP) is 0.855. The minimum Gasteiger partial charge on any atom is -0.497 e. The van der Waals surface area contributed by atoms with Crippen molar-refractivity contribution in [2.24, 2.45) is 0 Å². The number of hydrogen-bond acceptors (Lipinski definition) is 6. The molecule has 0 saturated carbocycles. The van der Waals surface area contributed by atoms with E-state index in [1.54, 1.807) is 30.5 Å². The monoisotopic (exact) mass is 386 g/mol. The molecule has 0 radical (unpaired) electrons. The van der Waals surface area contributed by atoms with Crippen molar-refractivity contribution < 1.29 is 14.3 Å². The Labute approximate surface area is 164 Å². The van der Waals surface area contributed by atoms with Crippen LogP contribution in [0.5, 0.6) is 5.75 Å². The molecular formula is C19H26N6O3. The van der Waals surface area contributed by atoms with Gasteiger partial charge in [0.15, 0.2) is 0 Å². The smallest absolute Gasteiger partial charge is 0.247 e. The molecule has 9 heteroatoms. The van der Waals surface area contributed by atoms with E-state index in [0.29, 0.717) is 38.4 Å². The molecule has 2 aromatic rings. The molecule has 0 aliphatic carbocycles. The molecule has 0 spiro atoms. The Bertz CT molecular complexity index is 837. The van der Waals surface area contributed by atoms with Crippen molar-refractivity contribution >= 4 is 11.8 Å². The van der Waals surface area contributed by atoms with Crippen LogP contribution in [0.1, 0.15) is 30.8 Å². The number of aryl methyl sites for hydroxylation is 1. The van der Waals surface area contributed by atoms with E-state index in [2.05, 4.69) is 15.5 Å². The number of carbonyl (C=O) groups is 2. The number of nitrogens with zero attached hydrogens (tertiary/aromatic N) is 6. The predicted molar refractivity (Wildman–Crippen MR) is 102 cm³/mol. The molecular weight excluding hydrogens is 360 g/mol. The Morgan fingerprint density at radius 2 is 1.93 bits per heavy atom. The largest absolute Gasteiger partial charge is 0.497 e. The van der Waals surface area contributed by atoms with Gasteiger partial charge in [-0.3, -0.25) is 9.59 Å². The maximum Gasteiger partial charge on any atom is 0.247 e. The second-order valence-corrected chi connectivity index (χ2v) is 6.93. The SMILES string of the molecule is COc1cccc(C[C@@H](C(=O)N2CCCN(C(C)=O)CC2)n2nnnc2C)c1. The minimum absolute atomic E-state index is 0.0383. The van der Waals surface area contributed by atoms with Crippen LogP contribution in [0.2, 0.25) is 0 Å². The molecule has 1 aliphatic heterocycles. The van der Waals surface area contributed by atoms with Crippen LogP contribution >= 0.6 is 0 Å². The minimum atomic E-state index is -0.550. The number of methoxy groups -OCH3 is 1. The van der Waals surface area contributed by atoms with Crippen molar-refractivity contribution in [1.29, 1.82) is 0 Å². The quantitative estimate of drug-likeness (QED) is 0.756. The van der Waals surface area contributed by atoms with Gasteiger partial charge < -0.3 is 14.5 Å². The lowest BCUT2D eigenvalue weighted by molar-refractivity contribution is -0.135. The van der Waals surface area contributed by atoms with Crippen molar-refractivity contribution in [3.8, 4) is 5.75 Å². The van der Waals surface area contributed by atoms with Crippen LogP contribution < -0.4 is 4.74 Å². The highest BCUT2D eigenvalue weighted by atomic mass is 16.5. The van der Waals surface area contributed by atoms with Gasteiger partial charge in [-0.05, 0) is 41.5 Å². The molecule has 150 valence electrons. The number of aromatic nitrogens is 4. The molecule has 1 fully saturated rings. The molecule has 0 unspecified atom stereocenters. The van der Waals surface area contributed by atoms with Crippen molar-refractivity contribution in [1.82, 2.24) is 30.0 Å². The Hall–Kier alpha value is -2.97. The molecule has 1 aromatic heterocycles. The summed E-state index contributed by atoms with van der Waals surface area (Å²) >= 11 is 0. The van der Waals surface area contributed by atoms with Crippen molar-refractivity contribution in [3.63, 3.8) is 0 Å². The lowest BCUT2D eigenvalue weighted by Gasteiger charge is -2.26. The number of hydrogen-bond donors (Lipinski definition) is 0. The van der Waals surface area contributed by atoms with Gasteiger partial charge >= 0.3 is 0 Å². The third-order valence-corrected chi connectivity index (χ3v) is 5.05. The number of benzene rings is 1. The van der Waals surface area contributed by atoms with Gasteiger partial charge in [0.05, 0.1) is 7.11 Å². The summed E-state index contributed by atoms with van der Waals surface area (Å²) < 4.78 is 6.88. The maximum atomic E-state index is 13.4. The van der Waals surface area contributed by atoms with E-state index in [9.17, 15) is 9.59 Å². The fraction of sp³-hybridized carbons (Fsp3) is 0.526. The summed E-state index contributed by atoms with van der Waals surface area (Å²) in [5.74, 6) is 1.33. The average molecular weight is 386 g/mol. The fourth-order valence-electron chi connectivity index (χ4n) is 3.49. The molecule has 1 aliphatic rings. The van der Waals surface area contributed by atoms with E-state index in [-0.39, 0.29) is 11.8 Å². The van der Waals surface area contributed by atoms with Crippen molar-refractivity contribution in [2.75, 3.05) is 33.3 Å². The average Bonchev–Trinajstić information content (AvgIpc) is 2.96. The highest BCUT2D eigenvalue weighted by molar-refractivity contribution is 5.81. The van der Waals surface area contributed by atoms with Gasteiger partial charge in [0, 0.05) is 39.5 Å². The molecule has 1 aromatic carbocycles. The number of tetrazole rings is 1. The molecule has 3 rings (SSSR count). The zero-order chi connectivity index (χ0) is 20.1. The van der Waals surface area contributed by atoms with Gasteiger partial charge in [-0.1, -0.05) is 12.1 Å². The fourth-order valence-corrected chi connectivity index (χ4v) is 3.49. The van der Waals surface area contributed by atoms with E-state index in [1.165, 1.54) is 0 Å². The summed E-state index contributed by atoms with van der Waals surface area (Å²) in [6.45, 7) is 5.68. The van der Waals surface area contributed by atoms with E-state index in [4.69, 9.17) is 4.74 Å². The molecule has 0 N–H and O–H groups in total. The summed E-state index contributed by atoms with van der Waals surface area (Å²) in [5, 5.41) is 11.7. The lowest BCUT2D eigenvalue weighted by Crippen LogP contribution is -2.41. The van der Waals surface area contributed by atoms with Gasteiger partial charge in [0.1, 0.15) is 17.6 Å². The van der Waals surface area contributed by atoms with Crippen LogP contribution in [0.3, 0.4) is 0 Å². The topological polar surface area (TPSA) is 93.5 Å². The molecule has 0 bridgehead atoms. The van der Waals surface area contributed by atoms with E-state index in [1.807, 2.05) is 29.2 Å². The number of amides is 2. The Kier molecular flexibility index (Phi) is 6.23. The van der Waals surface area contributed by atoms with Gasteiger partial charge in [-0.15, -0.1) is 5.10 Å². The van der Waals surface area contributed by atoms with Crippen molar-refractivity contribution in [3.05, 3.63) is 35.7 Å². The van der Waals surface area contributed by atoms with Gasteiger partial charge in [-0.2, -0.15) is 0 Å². The molecule has 1 saturated heterocycles. The number of ether oxygens (including phenoxy) is 1. The van der Waals surface area contributed by atoms with E-state index >= 15 is 0 Å². The molecule has 28 heavy (non-hydrogen) atoms. The van der Waals surface area contributed by atoms with E-state index in [0.717, 1.165) is 17.7 Å². The van der Waals surface area contributed by atoms with Crippen LogP contribution in [0.25, 0.3) is 0 Å². The number of carbonyl (C=O) groups excluding carboxylic acids is 2. The molecule has 1 atom stereocenters. The standard InChI is InChI=1S/C19H26N6O3/c1-14-20-21-22-25(14)18(13-16-6-4-7-17(12-16)28-3)19(27)24-9-5-8-23(10-11-24)15(2)26/h4,6-7,12,18H,5,8-11,13H2,1-3H3/t18-/m0/s1. The van der Waals surface area contributed by atoms with Crippen LogP contribution in [0.4, 0.5) is 0 Å². The third-order valence-electron chi connectivity index (χ3n) is 5.05. The first-order valence-corrected chi connectivity index (χ1v) is 9.41. The summed E-state index contributed by atoms with van der Waals surface area (Å²) in [4.78, 5) is 28.7. The molecule has 2 amide bonds. The summed E-state index contributed by atoms with van der Waals surface area (Å²) in [7, 11) is 1.62. The zero-order valence-corrected chi connectivity index (χ0v) is 16.5. The van der Waals surface area contributed by atoms with Crippen LogP contribution in [0, 0.1) is 6.92 Å². The van der Waals surface area contributed by atoms with Crippen LogP contribution in [-0.2, 0) is 16.0 Å². The Balaban J connectivity index is 1.83. The van der Waals surface area contributed by atoms with Crippen molar-refractivity contribution in [2.45, 2.75) is 32.7 Å². The Morgan fingerprint density at radius 1 is 1.18 bits per heavy atom.